The summed E-state index contributed by atoms with van der Waals surface area (Å²) < 4.78 is 54.9. The van der Waals surface area contributed by atoms with E-state index in [2.05, 4.69) is 6.92 Å². The number of carbonyl (C=O) groups excluding carboxylic acids is 2. The summed E-state index contributed by atoms with van der Waals surface area (Å²) in [7, 11) is 6.14. The Labute approximate surface area is 363 Å². The normalized spacial score (nSPS) is 19.7. The van der Waals surface area contributed by atoms with Gasteiger partial charge in [-0.15, -0.1) is 0 Å². The fraction of sp³-hybridized carbons (Fsp3) is 0.520. The van der Waals surface area contributed by atoms with Crippen molar-refractivity contribution in [3.05, 3.63) is 119 Å². The van der Waals surface area contributed by atoms with E-state index in [4.69, 9.17) is 42.6 Å². The van der Waals surface area contributed by atoms with Gasteiger partial charge in [-0.05, 0) is 66.3 Å². The summed E-state index contributed by atoms with van der Waals surface area (Å²) in [4.78, 5) is 26.8. The Bertz CT molecular complexity index is 1790. The zero-order chi connectivity index (χ0) is 44.1. The predicted molar refractivity (Wildman–Crippen MR) is 235 cm³/mol. The lowest BCUT2D eigenvalue weighted by Crippen LogP contribution is -2.63. The van der Waals surface area contributed by atoms with Gasteiger partial charge in [0, 0.05) is 31.4 Å². The third kappa shape index (κ3) is 15.1. The van der Waals surface area contributed by atoms with E-state index in [-0.39, 0.29) is 18.9 Å². The van der Waals surface area contributed by atoms with Crippen LogP contribution in [0.5, 0.6) is 11.5 Å². The first kappa shape index (κ1) is 49.1. The molecule has 1 aliphatic rings. The number of unbranched alkanes of at least 4 members (excludes halogenated alkanes) is 4. The number of esters is 2. The number of carbonyl (C=O) groups is 2. The minimum atomic E-state index is -1.59. The van der Waals surface area contributed by atoms with Crippen molar-refractivity contribution in [3.63, 3.8) is 0 Å². The third-order valence-corrected chi connectivity index (χ3v) is 11.1. The molecule has 0 radical (unpaired) electrons. The van der Waals surface area contributed by atoms with E-state index in [0.717, 1.165) is 53.9 Å². The van der Waals surface area contributed by atoms with Crippen molar-refractivity contribution in [1.29, 1.82) is 0 Å². The zero-order valence-electron chi connectivity index (χ0n) is 37.5. The second-order valence-corrected chi connectivity index (χ2v) is 16.0. The molecule has 0 amide bonds. The minimum absolute atomic E-state index is 0.224. The summed E-state index contributed by atoms with van der Waals surface area (Å²) in [6, 6.07) is 25.4. The topological polar surface area (TPSA) is 117 Å². The van der Waals surface area contributed by atoms with Crippen LogP contribution < -0.4 is 9.47 Å². The number of hydrogen-bond acceptors (Lipinski definition) is 11. The molecule has 0 aromatic heterocycles. The number of ether oxygens (including phenoxy) is 9. The smallest absolute Gasteiger partial charge is 0.330 e. The third-order valence-electron chi connectivity index (χ3n) is 11.1. The fourth-order valence-electron chi connectivity index (χ4n) is 7.48. The fourth-order valence-corrected chi connectivity index (χ4v) is 7.48. The molecule has 1 unspecified atom stereocenters. The van der Waals surface area contributed by atoms with Gasteiger partial charge in [-0.2, -0.15) is 0 Å². The molecular weight excluding hydrogens is 777 g/mol. The lowest BCUT2D eigenvalue weighted by molar-refractivity contribution is -0.339. The highest BCUT2D eigenvalue weighted by atomic mass is 16.7. The summed E-state index contributed by atoms with van der Waals surface area (Å²) in [6.07, 6.45) is 8.48. The van der Waals surface area contributed by atoms with Crippen LogP contribution in [0, 0.1) is 5.41 Å². The van der Waals surface area contributed by atoms with E-state index in [1.807, 2.05) is 112 Å². The van der Waals surface area contributed by atoms with Crippen LogP contribution in [0.2, 0.25) is 0 Å². The number of benzene rings is 3. The highest BCUT2D eigenvalue weighted by Gasteiger charge is 2.59. The second-order valence-electron chi connectivity index (χ2n) is 16.0. The molecular formula is C50H68O11. The van der Waals surface area contributed by atoms with Gasteiger partial charge in [0.25, 0.3) is 0 Å². The second kappa shape index (κ2) is 25.4. The molecule has 61 heavy (non-hydrogen) atoms. The Kier molecular flexibility index (Phi) is 20.5. The molecule has 4 rings (SSSR count). The monoisotopic (exact) mass is 844 g/mol. The lowest BCUT2D eigenvalue weighted by atomic mass is 9.74. The first-order valence-electron chi connectivity index (χ1n) is 21.5. The van der Waals surface area contributed by atoms with Gasteiger partial charge in [0.05, 0.1) is 66.1 Å². The highest BCUT2D eigenvalue weighted by molar-refractivity contribution is 5.83. The average molecular weight is 845 g/mol. The van der Waals surface area contributed by atoms with E-state index in [1.54, 1.807) is 21.3 Å². The van der Waals surface area contributed by atoms with Crippen LogP contribution in [0.25, 0.3) is 0 Å². The molecule has 334 valence electrons. The maximum atomic E-state index is 13.7. The van der Waals surface area contributed by atoms with Crippen LogP contribution in [0.4, 0.5) is 0 Å². The van der Waals surface area contributed by atoms with E-state index in [0.29, 0.717) is 44.8 Å². The number of hydrogen-bond donors (Lipinski definition) is 0. The summed E-state index contributed by atoms with van der Waals surface area (Å²) in [5.74, 6) is -1.03. The minimum Gasteiger partial charge on any atom is -0.497 e. The van der Waals surface area contributed by atoms with E-state index in [9.17, 15) is 9.59 Å². The predicted octanol–water partition coefficient (Wildman–Crippen LogP) is 9.89. The number of rotatable bonds is 26. The van der Waals surface area contributed by atoms with Gasteiger partial charge >= 0.3 is 11.9 Å². The molecule has 1 fully saturated rings. The quantitative estimate of drug-likeness (QED) is 0.0333. The summed E-state index contributed by atoms with van der Waals surface area (Å²) in [5.41, 5.74) is 2.58. The van der Waals surface area contributed by atoms with Crippen LogP contribution >= 0.6 is 0 Å². The molecule has 0 saturated carbocycles. The molecule has 11 nitrogen and oxygen atoms in total. The van der Waals surface area contributed by atoms with Crippen LogP contribution in [-0.4, -0.2) is 77.2 Å². The molecule has 0 bridgehead atoms. The van der Waals surface area contributed by atoms with Crippen molar-refractivity contribution in [2.75, 3.05) is 35.0 Å². The van der Waals surface area contributed by atoms with Gasteiger partial charge in [0.1, 0.15) is 11.5 Å². The van der Waals surface area contributed by atoms with Crippen LogP contribution in [0.3, 0.4) is 0 Å². The van der Waals surface area contributed by atoms with Gasteiger partial charge in [-0.1, -0.05) is 113 Å². The van der Waals surface area contributed by atoms with Gasteiger partial charge in [-0.3, -0.25) is 4.79 Å². The lowest BCUT2D eigenvalue weighted by Gasteiger charge is -2.53. The maximum absolute atomic E-state index is 13.7. The van der Waals surface area contributed by atoms with Crippen molar-refractivity contribution >= 4 is 11.9 Å². The zero-order valence-corrected chi connectivity index (χ0v) is 37.5. The molecule has 0 aliphatic carbocycles. The van der Waals surface area contributed by atoms with Crippen molar-refractivity contribution in [3.8, 4) is 11.5 Å². The Hall–Kier alpha value is -4.52. The van der Waals surface area contributed by atoms with Gasteiger partial charge in [0.15, 0.2) is 6.10 Å². The van der Waals surface area contributed by atoms with Crippen molar-refractivity contribution < 1.29 is 52.2 Å². The first-order chi connectivity index (χ1) is 29.5. The van der Waals surface area contributed by atoms with Crippen LogP contribution in [-0.2, 0) is 62.6 Å². The Morgan fingerprint density at radius 3 is 2.02 bits per heavy atom. The molecule has 1 aliphatic heterocycles. The molecule has 3 aromatic rings. The maximum Gasteiger partial charge on any atom is 0.330 e. The van der Waals surface area contributed by atoms with Gasteiger partial charge in [-0.25, -0.2) is 4.79 Å². The van der Waals surface area contributed by atoms with Crippen LogP contribution in [0.1, 0.15) is 95.8 Å². The molecule has 5 atom stereocenters. The Morgan fingerprint density at radius 2 is 1.41 bits per heavy atom. The molecule has 1 heterocycles. The van der Waals surface area contributed by atoms with Gasteiger partial charge < -0.3 is 42.6 Å². The molecule has 3 aromatic carbocycles. The van der Waals surface area contributed by atoms with Crippen molar-refractivity contribution in [1.82, 2.24) is 0 Å². The molecule has 1 saturated heterocycles. The van der Waals surface area contributed by atoms with Crippen molar-refractivity contribution in [2.24, 2.45) is 5.41 Å². The van der Waals surface area contributed by atoms with E-state index in [1.165, 1.54) is 13.2 Å². The molecule has 11 heteroatoms. The average Bonchev–Trinajstić information content (AvgIpc) is 3.27. The first-order valence-corrected chi connectivity index (χ1v) is 21.5. The largest absolute Gasteiger partial charge is 0.497 e. The Balaban J connectivity index is 1.66. The summed E-state index contributed by atoms with van der Waals surface area (Å²) >= 11 is 0. The van der Waals surface area contributed by atoms with E-state index >= 15 is 0 Å². The highest BCUT2D eigenvalue weighted by Crippen LogP contribution is 2.49. The molecule has 0 N–H and O–H groups in total. The van der Waals surface area contributed by atoms with E-state index < -0.39 is 41.5 Å². The number of methoxy groups -OCH3 is 4. The van der Waals surface area contributed by atoms with Crippen molar-refractivity contribution in [2.45, 2.75) is 129 Å². The Morgan fingerprint density at radius 1 is 0.803 bits per heavy atom. The SMILES string of the molecule is CCCCCCCC(=O)O[C@H]1/C(=C/C(=O)OC)CC(C[C@@H](OCc2ccc(OC)cc2)[C@@H](C)OCc2ccccc2)O[C@@]1(OC)C(C)(C)/C=C/COCc1ccc(OC)cc1. The van der Waals surface area contributed by atoms with Crippen LogP contribution in [0.15, 0.2) is 103 Å². The standard InChI is InChI=1S/C50H68O11/c1-9-10-11-12-16-20-46(51)60-48-41(32-47(52)55-7)31-44(61-50(48,56-8)49(3,4)29-17-30-57-34-39-21-25-42(53-5)26-22-39)33-45(37(2)58-35-38-18-14-13-15-19-38)59-36-40-23-27-43(54-6)28-24-40/h13-15,17-19,21-29,32,37,44-45,48H,9-12,16,20,30-31,33-36H2,1-8H3/b29-17+,41-32+/t37-,44?,45-,48+,50-/m1/s1. The van der Waals surface area contributed by atoms with Gasteiger partial charge in [0.2, 0.25) is 5.79 Å². The summed E-state index contributed by atoms with van der Waals surface area (Å²) in [6.45, 7) is 9.46. The molecule has 0 spiro atoms. The summed E-state index contributed by atoms with van der Waals surface area (Å²) in [5, 5.41) is 0.